The second-order valence-electron chi connectivity index (χ2n) is 6.12. The molecule has 1 heterocycles. The maximum Gasteiger partial charge on any atom is 0.416 e. The zero-order valence-electron chi connectivity index (χ0n) is 14.6. The lowest BCUT2D eigenvalue weighted by molar-refractivity contribution is -0.137. The van der Waals surface area contributed by atoms with E-state index in [1.165, 1.54) is 17.0 Å². The minimum absolute atomic E-state index is 0.0186. The van der Waals surface area contributed by atoms with Crippen molar-refractivity contribution in [1.82, 2.24) is 15.1 Å². The summed E-state index contributed by atoms with van der Waals surface area (Å²) in [5, 5.41) is 2.72. The van der Waals surface area contributed by atoms with E-state index < -0.39 is 17.6 Å². The van der Waals surface area contributed by atoms with Gasteiger partial charge >= 0.3 is 6.18 Å². The van der Waals surface area contributed by atoms with Gasteiger partial charge in [0, 0.05) is 38.3 Å². The second kappa shape index (κ2) is 8.35. The van der Waals surface area contributed by atoms with Gasteiger partial charge in [-0.3, -0.25) is 14.5 Å². The van der Waals surface area contributed by atoms with Crippen LogP contribution < -0.4 is 5.32 Å². The molecule has 0 saturated carbocycles. The number of hydrogen-bond donors (Lipinski definition) is 1. The molecule has 1 N–H and O–H groups in total. The molecule has 142 valence electrons. The standard InChI is InChI=1S/C18H22F3N3O2/c1-3-7-22-16(25)13(2)23-8-10-24(11-9-23)17(26)14-5-4-6-15(12-14)18(19,20)21/h3-6,12-13H,1,7-11H2,2H3,(H,22,25). The highest BCUT2D eigenvalue weighted by molar-refractivity contribution is 5.94. The largest absolute Gasteiger partial charge is 0.416 e. The first kappa shape index (κ1) is 20.0. The summed E-state index contributed by atoms with van der Waals surface area (Å²) in [4.78, 5) is 27.9. The molecule has 1 atom stereocenters. The predicted octanol–water partition coefficient (Wildman–Crippen LogP) is 2.15. The monoisotopic (exact) mass is 369 g/mol. The van der Waals surface area contributed by atoms with Crippen LogP contribution in [0.15, 0.2) is 36.9 Å². The Kier molecular flexibility index (Phi) is 6.42. The number of benzene rings is 1. The quantitative estimate of drug-likeness (QED) is 0.810. The van der Waals surface area contributed by atoms with Crippen molar-refractivity contribution in [2.75, 3.05) is 32.7 Å². The first-order valence-electron chi connectivity index (χ1n) is 8.33. The van der Waals surface area contributed by atoms with E-state index in [1.807, 2.05) is 4.90 Å². The molecule has 0 aromatic heterocycles. The SMILES string of the molecule is C=CCNC(=O)C(C)N1CCN(C(=O)c2cccc(C(F)(F)F)c2)CC1. The van der Waals surface area contributed by atoms with Crippen LogP contribution in [0.25, 0.3) is 0 Å². The molecule has 1 unspecified atom stereocenters. The van der Waals surface area contributed by atoms with Crippen molar-refractivity contribution in [2.24, 2.45) is 0 Å². The third-order valence-corrected chi connectivity index (χ3v) is 4.39. The Morgan fingerprint density at radius 2 is 1.92 bits per heavy atom. The van der Waals surface area contributed by atoms with Gasteiger partial charge < -0.3 is 10.2 Å². The maximum absolute atomic E-state index is 12.8. The van der Waals surface area contributed by atoms with Gasteiger partial charge in [0.1, 0.15) is 0 Å². The first-order valence-corrected chi connectivity index (χ1v) is 8.33. The highest BCUT2D eigenvalue weighted by atomic mass is 19.4. The Hall–Kier alpha value is -2.35. The number of nitrogens with zero attached hydrogens (tertiary/aromatic N) is 2. The van der Waals surface area contributed by atoms with Crippen molar-refractivity contribution in [3.05, 3.63) is 48.0 Å². The topological polar surface area (TPSA) is 52.7 Å². The lowest BCUT2D eigenvalue weighted by Gasteiger charge is -2.37. The molecule has 2 amide bonds. The van der Waals surface area contributed by atoms with Crippen molar-refractivity contribution in [3.8, 4) is 0 Å². The lowest BCUT2D eigenvalue weighted by Crippen LogP contribution is -2.55. The molecule has 1 fully saturated rings. The molecule has 0 aliphatic carbocycles. The molecular weight excluding hydrogens is 347 g/mol. The van der Waals surface area contributed by atoms with Gasteiger partial charge in [-0.2, -0.15) is 13.2 Å². The van der Waals surface area contributed by atoms with Crippen LogP contribution in [0.4, 0.5) is 13.2 Å². The van der Waals surface area contributed by atoms with Gasteiger partial charge in [0.25, 0.3) is 5.91 Å². The van der Waals surface area contributed by atoms with Gasteiger partial charge in [-0.25, -0.2) is 0 Å². The van der Waals surface area contributed by atoms with Crippen molar-refractivity contribution in [2.45, 2.75) is 19.1 Å². The van der Waals surface area contributed by atoms with Crippen LogP contribution in [0.1, 0.15) is 22.8 Å². The van der Waals surface area contributed by atoms with Crippen molar-refractivity contribution in [3.63, 3.8) is 0 Å². The Morgan fingerprint density at radius 1 is 1.27 bits per heavy atom. The summed E-state index contributed by atoms with van der Waals surface area (Å²) < 4.78 is 38.4. The van der Waals surface area contributed by atoms with E-state index in [-0.39, 0.29) is 17.5 Å². The van der Waals surface area contributed by atoms with Gasteiger partial charge in [0.2, 0.25) is 5.91 Å². The van der Waals surface area contributed by atoms with Gasteiger partial charge in [-0.15, -0.1) is 6.58 Å². The minimum atomic E-state index is -4.48. The molecular formula is C18H22F3N3O2. The van der Waals surface area contributed by atoms with Gasteiger partial charge in [0.15, 0.2) is 0 Å². The molecule has 5 nitrogen and oxygen atoms in total. The summed E-state index contributed by atoms with van der Waals surface area (Å²) in [7, 11) is 0. The zero-order valence-corrected chi connectivity index (χ0v) is 14.6. The van der Waals surface area contributed by atoms with Gasteiger partial charge in [-0.05, 0) is 25.1 Å². The molecule has 1 saturated heterocycles. The Bertz CT molecular complexity index is 668. The number of hydrogen-bond acceptors (Lipinski definition) is 3. The Labute approximate surface area is 150 Å². The maximum atomic E-state index is 12.8. The summed E-state index contributed by atoms with van der Waals surface area (Å²) in [5.74, 6) is -0.554. The van der Waals surface area contributed by atoms with Crippen LogP contribution in [0.3, 0.4) is 0 Å². The zero-order chi connectivity index (χ0) is 19.3. The highest BCUT2D eigenvalue weighted by Crippen LogP contribution is 2.29. The predicted molar refractivity (Wildman–Crippen MR) is 91.6 cm³/mol. The van der Waals surface area contributed by atoms with Crippen LogP contribution >= 0.6 is 0 Å². The van der Waals surface area contributed by atoms with E-state index in [1.54, 1.807) is 13.0 Å². The molecule has 0 bridgehead atoms. The molecule has 2 rings (SSSR count). The fourth-order valence-electron chi connectivity index (χ4n) is 2.81. The molecule has 1 aromatic carbocycles. The van der Waals surface area contributed by atoms with Crippen LogP contribution in [0.5, 0.6) is 0 Å². The molecule has 0 radical (unpaired) electrons. The third-order valence-electron chi connectivity index (χ3n) is 4.39. The number of alkyl halides is 3. The molecule has 1 aliphatic heterocycles. The van der Waals surface area contributed by atoms with Crippen LogP contribution in [-0.4, -0.2) is 60.4 Å². The molecule has 1 aromatic rings. The second-order valence-corrected chi connectivity index (χ2v) is 6.12. The first-order chi connectivity index (χ1) is 12.2. The van der Waals surface area contributed by atoms with Crippen molar-refractivity contribution < 1.29 is 22.8 Å². The van der Waals surface area contributed by atoms with E-state index in [2.05, 4.69) is 11.9 Å². The van der Waals surface area contributed by atoms with E-state index in [4.69, 9.17) is 0 Å². The number of carbonyl (C=O) groups is 2. The fraction of sp³-hybridized carbons (Fsp3) is 0.444. The van der Waals surface area contributed by atoms with Gasteiger partial charge in [-0.1, -0.05) is 12.1 Å². The van der Waals surface area contributed by atoms with Crippen molar-refractivity contribution in [1.29, 1.82) is 0 Å². The van der Waals surface area contributed by atoms with Gasteiger partial charge in [0.05, 0.1) is 11.6 Å². The van der Waals surface area contributed by atoms with E-state index in [0.29, 0.717) is 32.7 Å². The number of amides is 2. The number of carbonyl (C=O) groups excluding carboxylic acids is 2. The lowest BCUT2D eigenvalue weighted by atomic mass is 10.1. The Balaban J connectivity index is 1.96. The minimum Gasteiger partial charge on any atom is -0.351 e. The summed E-state index contributed by atoms with van der Waals surface area (Å²) in [6, 6.07) is 4.09. The van der Waals surface area contributed by atoms with E-state index >= 15 is 0 Å². The van der Waals surface area contributed by atoms with E-state index in [9.17, 15) is 22.8 Å². The summed E-state index contributed by atoms with van der Waals surface area (Å²) >= 11 is 0. The molecule has 8 heteroatoms. The Morgan fingerprint density at radius 3 is 2.50 bits per heavy atom. The fourth-order valence-corrected chi connectivity index (χ4v) is 2.81. The summed E-state index contributed by atoms with van der Waals surface area (Å²) in [6.07, 6.45) is -2.89. The van der Waals surface area contributed by atoms with Crippen LogP contribution in [-0.2, 0) is 11.0 Å². The number of halogens is 3. The average molecular weight is 369 g/mol. The molecule has 0 spiro atoms. The smallest absolute Gasteiger partial charge is 0.351 e. The number of piperazine rings is 1. The molecule has 1 aliphatic rings. The normalized spacial score (nSPS) is 16.8. The number of nitrogens with one attached hydrogen (secondary N) is 1. The average Bonchev–Trinajstić information content (AvgIpc) is 2.64. The van der Waals surface area contributed by atoms with Crippen LogP contribution in [0, 0.1) is 0 Å². The highest BCUT2D eigenvalue weighted by Gasteiger charge is 2.32. The number of rotatable bonds is 5. The summed E-state index contributed by atoms with van der Waals surface area (Å²) in [6.45, 7) is 7.38. The van der Waals surface area contributed by atoms with Crippen LogP contribution in [0.2, 0.25) is 0 Å². The van der Waals surface area contributed by atoms with Crippen molar-refractivity contribution >= 4 is 11.8 Å². The third kappa shape index (κ3) is 4.85. The summed E-state index contributed by atoms with van der Waals surface area (Å²) in [5.41, 5.74) is -0.820. The molecule has 26 heavy (non-hydrogen) atoms. The van der Waals surface area contributed by atoms with E-state index in [0.717, 1.165) is 12.1 Å².